The molecule has 0 unspecified atom stereocenters. The van der Waals surface area contributed by atoms with Crippen LogP contribution in [0.3, 0.4) is 0 Å². The largest absolute Gasteiger partial charge is 0.479 e. The third-order valence-electron chi connectivity index (χ3n) is 1.78. The fourth-order valence-electron chi connectivity index (χ4n) is 1.15. The first-order valence-electron chi connectivity index (χ1n) is 3.07. The van der Waals surface area contributed by atoms with Crippen LogP contribution in [0.4, 0.5) is 4.39 Å². The molecular formula is C6H9FO2. The third kappa shape index (κ3) is 1.04. The van der Waals surface area contributed by atoms with Crippen LogP contribution >= 0.6 is 0 Å². The summed E-state index contributed by atoms with van der Waals surface area (Å²) in [5.74, 6) is -1.29. The molecule has 0 spiro atoms. The zero-order chi connectivity index (χ0) is 6.91. The molecule has 0 amide bonds. The third-order valence-corrected chi connectivity index (χ3v) is 1.78. The summed E-state index contributed by atoms with van der Waals surface area (Å²) in [5.41, 5.74) is -1.89. The average Bonchev–Trinajstić information content (AvgIpc) is 2.16. The first kappa shape index (κ1) is 6.52. The Labute approximate surface area is 52.7 Å². The minimum Gasteiger partial charge on any atom is -0.479 e. The zero-order valence-corrected chi connectivity index (χ0v) is 5.06. The molecule has 9 heavy (non-hydrogen) atoms. The predicted molar refractivity (Wildman–Crippen MR) is 29.9 cm³/mol. The summed E-state index contributed by atoms with van der Waals surface area (Å²) in [6, 6.07) is 0. The Kier molecular flexibility index (Phi) is 1.43. The van der Waals surface area contributed by atoms with Crippen molar-refractivity contribution < 1.29 is 14.3 Å². The molecule has 0 bridgehead atoms. The van der Waals surface area contributed by atoms with Gasteiger partial charge in [0, 0.05) is 0 Å². The van der Waals surface area contributed by atoms with Crippen molar-refractivity contribution in [2.45, 2.75) is 31.4 Å². The SMILES string of the molecule is O=C(O)C1([18F])CCCC1. The lowest BCUT2D eigenvalue weighted by Gasteiger charge is -2.10. The summed E-state index contributed by atoms with van der Waals surface area (Å²) in [6.45, 7) is 0. The van der Waals surface area contributed by atoms with Crippen molar-refractivity contribution in [2.75, 3.05) is 0 Å². The van der Waals surface area contributed by atoms with Crippen LogP contribution in [0.15, 0.2) is 0 Å². The molecule has 0 aromatic heterocycles. The molecule has 1 N–H and O–H groups in total. The summed E-state index contributed by atoms with van der Waals surface area (Å²) >= 11 is 0. The highest BCUT2D eigenvalue weighted by atomic mass is 18.2. The molecule has 0 atom stereocenters. The van der Waals surface area contributed by atoms with E-state index < -0.39 is 11.6 Å². The van der Waals surface area contributed by atoms with Gasteiger partial charge in [-0.3, -0.25) is 0 Å². The van der Waals surface area contributed by atoms with Gasteiger partial charge in [-0.25, -0.2) is 9.18 Å². The van der Waals surface area contributed by atoms with E-state index in [1.165, 1.54) is 0 Å². The van der Waals surface area contributed by atoms with Crippen LogP contribution in [0, 0.1) is 0 Å². The van der Waals surface area contributed by atoms with Gasteiger partial charge in [0.1, 0.15) is 0 Å². The summed E-state index contributed by atoms with van der Waals surface area (Å²) in [4.78, 5) is 10.1. The highest BCUT2D eigenvalue weighted by Gasteiger charge is 2.41. The van der Waals surface area contributed by atoms with Gasteiger partial charge >= 0.3 is 5.97 Å². The smallest absolute Gasteiger partial charge is 0.341 e. The minimum atomic E-state index is -1.89. The van der Waals surface area contributed by atoms with Gasteiger partial charge in [-0.15, -0.1) is 0 Å². The topological polar surface area (TPSA) is 37.3 Å². The number of hydrogen-bond acceptors (Lipinski definition) is 1. The van der Waals surface area contributed by atoms with Gasteiger partial charge in [-0.2, -0.15) is 0 Å². The highest BCUT2D eigenvalue weighted by molar-refractivity contribution is 5.77. The number of hydrogen-bond donors (Lipinski definition) is 1. The lowest BCUT2D eigenvalue weighted by molar-refractivity contribution is -0.150. The van der Waals surface area contributed by atoms with Crippen LogP contribution in [0.2, 0.25) is 0 Å². The van der Waals surface area contributed by atoms with E-state index in [0.29, 0.717) is 12.8 Å². The zero-order valence-electron chi connectivity index (χ0n) is 5.06. The molecule has 0 aromatic carbocycles. The first-order chi connectivity index (χ1) is 4.15. The maximum atomic E-state index is 12.8. The molecule has 0 aliphatic heterocycles. The molecule has 0 heterocycles. The number of aliphatic carboxylic acids is 1. The number of carbonyl (C=O) groups is 1. The second-order valence-corrected chi connectivity index (χ2v) is 2.48. The Morgan fingerprint density at radius 1 is 1.44 bits per heavy atom. The van der Waals surface area contributed by atoms with Crippen LogP contribution in [0.5, 0.6) is 0 Å². The molecule has 0 saturated heterocycles. The number of rotatable bonds is 1. The van der Waals surface area contributed by atoms with Gasteiger partial charge in [0.15, 0.2) is 0 Å². The summed E-state index contributed by atoms with van der Waals surface area (Å²) in [6.07, 6.45) is 1.82. The Morgan fingerprint density at radius 3 is 2.11 bits per heavy atom. The van der Waals surface area contributed by atoms with Gasteiger partial charge in [0.05, 0.1) is 0 Å². The van der Waals surface area contributed by atoms with E-state index in [1.807, 2.05) is 0 Å². The monoisotopic (exact) mass is 131 g/mol. The second-order valence-electron chi connectivity index (χ2n) is 2.48. The molecule has 1 fully saturated rings. The summed E-state index contributed by atoms with van der Waals surface area (Å²) < 4.78 is 12.8. The van der Waals surface area contributed by atoms with Crippen molar-refractivity contribution in [3.63, 3.8) is 0 Å². The molecule has 1 aliphatic rings. The highest BCUT2D eigenvalue weighted by Crippen LogP contribution is 2.33. The van der Waals surface area contributed by atoms with E-state index in [0.717, 1.165) is 0 Å². The van der Waals surface area contributed by atoms with E-state index in [1.54, 1.807) is 0 Å². The number of alkyl halides is 1. The first-order valence-corrected chi connectivity index (χ1v) is 3.07. The van der Waals surface area contributed by atoms with E-state index in [2.05, 4.69) is 0 Å². The lowest BCUT2D eigenvalue weighted by Crippen LogP contribution is -2.29. The Hall–Kier alpha value is -0.600. The van der Waals surface area contributed by atoms with E-state index in [-0.39, 0.29) is 12.8 Å². The normalized spacial score (nSPS) is 24.1. The van der Waals surface area contributed by atoms with Crippen molar-refractivity contribution in [1.82, 2.24) is 0 Å². The molecule has 52 valence electrons. The van der Waals surface area contributed by atoms with Crippen molar-refractivity contribution in [3.05, 3.63) is 0 Å². The van der Waals surface area contributed by atoms with Crippen LogP contribution < -0.4 is 0 Å². The molecular weight excluding hydrogens is 122 g/mol. The maximum Gasteiger partial charge on any atom is 0.341 e. The molecule has 0 radical (unpaired) electrons. The van der Waals surface area contributed by atoms with Crippen LogP contribution in [0.1, 0.15) is 25.7 Å². The van der Waals surface area contributed by atoms with Crippen LogP contribution in [-0.2, 0) is 4.79 Å². The van der Waals surface area contributed by atoms with Gasteiger partial charge in [0.25, 0.3) is 0 Å². The standard InChI is InChI=1S/C6H9FO2/c7-6(5(8)9)3-1-2-4-6/h1-4H2,(H,8,9)/i7-1. The fourth-order valence-corrected chi connectivity index (χ4v) is 1.15. The molecule has 1 aliphatic carbocycles. The fraction of sp³-hybridized carbons (Fsp3) is 0.833. The number of carboxylic acid groups (broad SMARTS) is 1. The van der Waals surface area contributed by atoms with Crippen molar-refractivity contribution in [3.8, 4) is 0 Å². The van der Waals surface area contributed by atoms with E-state index in [4.69, 9.17) is 5.11 Å². The van der Waals surface area contributed by atoms with Gasteiger partial charge in [-0.05, 0) is 25.7 Å². The molecule has 0 aromatic rings. The van der Waals surface area contributed by atoms with Crippen LogP contribution in [0.25, 0.3) is 0 Å². The Bertz CT molecular complexity index is 127. The van der Waals surface area contributed by atoms with Gasteiger partial charge in [-0.1, -0.05) is 0 Å². The number of carboxylic acids is 1. The van der Waals surface area contributed by atoms with E-state index >= 15 is 0 Å². The molecule has 1 rings (SSSR count). The average molecular weight is 131 g/mol. The maximum absolute atomic E-state index is 12.8. The van der Waals surface area contributed by atoms with Gasteiger partial charge in [0.2, 0.25) is 5.67 Å². The molecule has 1 saturated carbocycles. The quantitative estimate of drug-likeness (QED) is 0.583. The molecule has 2 nitrogen and oxygen atoms in total. The molecule has 3 heteroatoms. The predicted octanol–water partition coefficient (Wildman–Crippen LogP) is 1.35. The van der Waals surface area contributed by atoms with E-state index in [9.17, 15) is 9.18 Å². The summed E-state index contributed by atoms with van der Waals surface area (Å²) in [5, 5.41) is 8.30. The minimum absolute atomic E-state index is 0.197. The van der Waals surface area contributed by atoms with Crippen molar-refractivity contribution in [1.29, 1.82) is 0 Å². The van der Waals surface area contributed by atoms with Crippen molar-refractivity contribution in [2.24, 2.45) is 0 Å². The Balaban J connectivity index is 2.61. The Morgan fingerprint density at radius 2 is 1.89 bits per heavy atom. The number of halogens is 1. The van der Waals surface area contributed by atoms with Crippen molar-refractivity contribution >= 4 is 5.97 Å². The summed E-state index contributed by atoms with van der Waals surface area (Å²) in [7, 11) is 0. The lowest BCUT2D eigenvalue weighted by atomic mass is 10.1. The van der Waals surface area contributed by atoms with Crippen LogP contribution in [-0.4, -0.2) is 16.7 Å². The van der Waals surface area contributed by atoms with Gasteiger partial charge < -0.3 is 5.11 Å². The second kappa shape index (κ2) is 1.97.